The number of carboxylic acids is 1. The van der Waals surface area contributed by atoms with Gasteiger partial charge in [-0.05, 0) is 28.3 Å². The molecule has 3 aromatic rings. The van der Waals surface area contributed by atoms with E-state index in [1.54, 1.807) is 12.1 Å². The summed E-state index contributed by atoms with van der Waals surface area (Å²) in [7, 11) is 0. The Morgan fingerprint density at radius 3 is 2.50 bits per heavy atom. The molecule has 0 amide bonds. The molecule has 0 aliphatic heterocycles. The molecule has 0 saturated heterocycles. The number of fused-ring (bicyclic) bond motifs is 3. The lowest BCUT2D eigenvalue weighted by atomic mass is 9.97. The number of hydrogen-bond donors (Lipinski definition) is 1. The largest absolute Gasteiger partial charge is 0.478 e. The standard InChI is InChI=1S/C15H9FO2/c16-13-7-3-6-11-10-5-2-1-4-9(10)8-12(14(11)13)15(17)18/h1-8H,(H,17,18). The Hall–Kier alpha value is -2.42. The van der Waals surface area contributed by atoms with Crippen LogP contribution in [0.15, 0.2) is 48.5 Å². The van der Waals surface area contributed by atoms with Crippen molar-refractivity contribution in [1.29, 1.82) is 0 Å². The number of rotatable bonds is 1. The van der Waals surface area contributed by atoms with E-state index in [-0.39, 0.29) is 10.9 Å². The number of benzene rings is 3. The van der Waals surface area contributed by atoms with Crippen molar-refractivity contribution in [2.45, 2.75) is 0 Å². The Labute approximate surface area is 102 Å². The minimum Gasteiger partial charge on any atom is -0.478 e. The summed E-state index contributed by atoms with van der Waals surface area (Å²) < 4.78 is 13.9. The molecule has 0 atom stereocenters. The van der Waals surface area contributed by atoms with Crippen molar-refractivity contribution in [3.63, 3.8) is 0 Å². The Morgan fingerprint density at radius 2 is 1.72 bits per heavy atom. The van der Waals surface area contributed by atoms with E-state index in [0.29, 0.717) is 5.39 Å². The molecule has 0 aliphatic carbocycles. The maximum atomic E-state index is 13.9. The molecule has 3 aromatic carbocycles. The maximum Gasteiger partial charge on any atom is 0.336 e. The van der Waals surface area contributed by atoms with Crippen LogP contribution in [0, 0.1) is 5.82 Å². The molecule has 0 spiro atoms. The summed E-state index contributed by atoms with van der Waals surface area (Å²) in [6, 6.07) is 13.5. The fourth-order valence-corrected chi connectivity index (χ4v) is 2.29. The average Bonchev–Trinajstić information content (AvgIpc) is 2.38. The summed E-state index contributed by atoms with van der Waals surface area (Å²) in [5.41, 5.74) is 0.00167. The zero-order valence-electron chi connectivity index (χ0n) is 9.35. The molecular weight excluding hydrogens is 231 g/mol. The van der Waals surface area contributed by atoms with Gasteiger partial charge in [-0.1, -0.05) is 36.4 Å². The minimum atomic E-state index is -1.11. The maximum absolute atomic E-state index is 13.9. The van der Waals surface area contributed by atoms with E-state index < -0.39 is 11.8 Å². The smallest absolute Gasteiger partial charge is 0.336 e. The highest BCUT2D eigenvalue weighted by atomic mass is 19.1. The topological polar surface area (TPSA) is 37.3 Å². The average molecular weight is 240 g/mol. The van der Waals surface area contributed by atoms with Crippen LogP contribution in [0.3, 0.4) is 0 Å². The fourth-order valence-electron chi connectivity index (χ4n) is 2.29. The monoisotopic (exact) mass is 240 g/mol. The first kappa shape index (κ1) is 10.7. The quantitative estimate of drug-likeness (QED) is 0.656. The first-order valence-corrected chi connectivity index (χ1v) is 5.52. The minimum absolute atomic E-state index is 0.00167. The molecule has 0 heterocycles. The third-order valence-electron chi connectivity index (χ3n) is 3.06. The molecule has 0 fully saturated rings. The molecule has 0 saturated carbocycles. The van der Waals surface area contributed by atoms with Crippen molar-refractivity contribution in [1.82, 2.24) is 0 Å². The predicted octanol–water partition coefficient (Wildman–Crippen LogP) is 3.83. The SMILES string of the molecule is O=C(O)c1cc2ccccc2c2cccc(F)c12. The normalized spacial score (nSPS) is 10.9. The van der Waals surface area contributed by atoms with Crippen molar-refractivity contribution < 1.29 is 14.3 Å². The van der Waals surface area contributed by atoms with Crippen LogP contribution in [0.5, 0.6) is 0 Å². The molecule has 88 valence electrons. The molecule has 0 bridgehead atoms. The molecular formula is C15H9FO2. The number of aromatic carboxylic acids is 1. The highest BCUT2D eigenvalue weighted by Gasteiger charge is 2.14. The fraction of sp³-hybridized carbons (Fsp3) is 0. The molecule has 3 heteroatoms. The number of carboxylic acid groups (broad SMARTS) is 1. The van der Waals surface area contributed by atoms with Crippen molar-refractivity contribution in [3.8, 4) is 0 Å². The summed E-state index contributed by atoms with van der Waals surface area (Å²) in [5, 5.41) is 11.7. The van der Waals surface area contributed by atoms with Gasteiger partial charge in [0.15, 0.2) is 0 Å². The second-order valence-corrected chi connectivity index (χ2v) is 4.11. The van der Waals surface area contributed by atoms with Crippen LogP contribution in [0.1, 0.15) is 10.4 Å². The summed E-state index contributed by atoms with van der Waals surface area (Å²) in [6.45, 7) is 0. The second kappa shape index (κ2) is 3.81. The molecule has 0 aliphatic rings. The summed E-state index contributed by atoms with van der Waals surface area (Å²) in [6.07, 6.45) is 0. The summed E-state index contributed by atoms with van der Waals surface area (Å²) >= 11 is 0. The summed E-state index contributed by atoms with van der Waals surface area (Å²) in [5.74, 6) is -1.62. The van der Waals surface area contributed by atoms with E-state index in [1.807, 2.05) is 24.3 Å². The summed E-state index contributed by atoms with van der Waals surface area (Å²) in [4.78, 5) is 11.2. The lowest BCUT2D eigenvalue weighted by Gasteiger charge is -2.08. The zero-order valence-corrected chi connectivity index (χ0v) is 9.35. The lowest BCUT2D eigenvalue weighted by molar-refractivity contribution is 0.0699. The Morgan fingerprint density at radius 1 is 1.00 bits per heavy atom. The van der Waals surface area contributed by atoms with Crippen molar-refractivity contribution in [3.05, 3.63) is 59.9 Å². The van der Waals surface area contributed by atoms with Crippen LogP contribution in [-0.4, -0.2) is 11.1 Å². The number of hydrogen-bond acceptors (Lipinski definition) is 1. The third kappa shape index (κ3) is 1.44. The van der Waals surface area contributed by atoms with Gasteiger partial charge in [-0.15, -0.1) is 0 Å². The van der Waals surface area contributed by atoms with Crippen molar-refractivity contribution in [2.75, 3.05) is 0 Å². The molecule has 1 N–H and O–H groups in total. The molecule has 2 nitrogen and oxygen atoms in total. The Kier molecular flexibility index (Phi) is 2.27. The van der Waals surface area contributed by atoms with Gasteiger partial charge in [0.2, 0.25) is 0 Å². The Balaban J connectivity index is 2.63. The van der Waals surface area contributed by atoms with Crippen LogP contribution in [0.25, 0.3) is 21.5 Å². The van der Waals surface area contributed by atoms with Crippen LogP contribution in [-0.2, 0) is 0 Å². The lowest BCUT2D eigenvalue weighted by Crippen LogP contribution is -1.99. The first-order chi connectivity index (χ1) is 8.68. The molecule has 0 radical (unpaired) electrons. The van der Waals surface area contributed by atoms with Crippen LogP contribution < -0.4 is 0 Å². The van der Waals surface area contributed by atoms with E-state index in [1.165, 1.54) is 12.1 Å². The van der Waals surface area contributed by atoms with Crippen LogP contribution in [0.4, 0.5) is 4.39 Å². The molecule has 3 rings (SSSR count). The van der Waals surface area contributed by atoms with Gasteiger partial charge in [0.05, 0.1) is 5.56 Å². The van der Waals surface area contributed by atoms with E-state index in [0.717, 1.165) is 10.8 Å². The second-order valence-electron chi connectivity index (χ2n) is 4.11. The van der Waals surface area contributed by atoms with Crippen molar-refractivity contribution >= 4 is 27.5 Å². The third-order valence-corrected chi connectivity index (χ3v) is 3.06. The zero-order chi connectivity index (χ0) is 12.7. The van der Waals surface area contributed by atoms with Gasteiger partial charge in [0.25, 0.3) is 0 Å². The van der Waals surface area contributed by atoms with Gasteiger partial charge in [0.1, 0.15) is 5.82 Å². The van der Waals surface area contributed by atoms with Gasteiger partial charge >= 0.3 is 5.97 Å². The van der Waals surface area contributed by atoms with Gasteiger partial charge in [-0.3, -0.25) is 0 Å². The van der Waals surface area contributed by atoms with Crippen LogP contribution >= 0.6 is 0 Å². The molecule has 0 aromatic heterocycles. The molecule has 0 unspecified atom stereocenters. The van der Waals surface area contributed by atoms with E-state index in [9.17, 15) is 14.3 Å². The number of halogens is 1. The van der Waals surface area contributed by atoms with Crippen molar-refractivity contribution in [2.24, 2.45) is 0 Å². The highest BCUT2D eigenvalue weighted by Crippen LogP contribution is 2.30. The van der Waals surface area contributed by atoms with Gasteiger partial charge in [0, 0.05) is 5.39 Å². The molecule has 18 heavy (non-hydrogen) atoms. The van der Waals surface area contributed by atoms with Gasteiger partial charge < -0.3 is 5.11 Å². The van der Waals surface area contributed by atoms with Gasteiger partial charge in [-0.2, -0.15) is 0 Å². The van der Waals surface area contributed by atoms with Gasteiger partial charge in [-0.25, -0.2) is 9.18 Å². The Bertz CT molecular complexity index is 778. The highest BCUT2D eigenvalue weighted by molar-refractivity contribution is 6.15. The predicted molar refractivity (Wildman–Crippen MR) is 68.4 cm³/mol. The first-order valence-electron chi connectivity index (χ1n) is 5.52. The van der Waals surface area contributed by atoms with E-state index in [4.69, 9.17) is 0 Å². The number of carbonyl (C=O) groups is 1. The van der Waals surface area contributed by atoms with E-state index >= 15 is 0 Å². The van der Waals surface area contributed by atoms with Crippen LogP contribution in [0.2, 0.25) is 0 Å². The van der Waals surface area contributed by atoms with E-state index in [2.05, 4.69) is 0 Å².